The Balaban J connectivity index is 1.57. The summed E-state index contributed by atoms with van der Waals surface area (Å²) >= 11 is 0. The number of rotatable bonds is 4. The van der Waals surface area contributed by atoms with Crippen molar-refractivity contribution >= 4 is 5.71 Å². The Morgan fingerprint density at radius 3 is 2.27 bits per heavy atom. The van der Waals surface area contributed by atoms with Crippen LogP contribution in [-0.2, 0) is 5.41 Å². The second-order valence-electron chi connectivity index (χ2n) is 9.60. The van der Waals surface area contributed by atoms with E-state index >= 15 is 0 Å². The monoisotopic (exact) mass is 442 g/mol. The van der Waals surface area contributed by atoms with Crippen LogP contribution < -0.4 is 14.2 Å². The largest absolute Gasteiger partial charge is 0.497 e. The van der Waals surface area contributed by atoms with E-state index in [0.717, 1.165) is 46.1 Å². The fourth-order valence-electron chi connectivity index (χ4n) is 4.57. The first-order valence-electron chi connectivity index (χ1n) is 11.3. The number of nitrogens with zero attached hydrogens (tertiary/aromatic N) is 2. The van der Waals surface area contributed by atoms with Gasteiger partial charge >= 0.3 is 0 Å². The lowest BCUT2D eigenvalue weighted by atomic mass is 9.86. The first-order valence-corrected chi connectivity index (χ1v) is 11.3. The van der Waals surface area contributed by atoms with Gasteiger partial charge in [-0.1, -0.05) is 57.2 Å². The van der Waals surface area contributed by atoms with Crippen LogP contribution in [0, 0.1) is 0 Å². The molecule has 5 heteroatoms. The zero-order valence-electron chi connectivity index (χ0n) is 19.8. The molecular weight excluding hydrogens is 412 g/mol. The third-order valence-corrected chi connectivity index (χ3v) is 6.49. The Morgan fingerprint density at radius 2 is 1.64 bits per heavy atom. The Morgan fingerprint density at radius 1 is 0.909 bits per heavy atom. The SMILES string of the molecule is COc1ccc(C2=NN3[C@H](C2)c2cccc(OC)c2O[C@@H]3c2ccc(C(C)(C)C)cc2)cc1. The average Bonchev–Trinajstić information content (AvgIpc) is 3.28. The zero-order chi connectivity index (χ0) is 23.2. The summed E-state index contributed by atoms with van der Waals surface area (Å²) in [5.74, 6) is 2.39. The van der Waals surface area contributed by atoms with Crippen molar-refractivity contribution < 1.29 is 14.2 Å². The van der Waals surface area contributed by atoms with E-state index in [2.05, 4.69) is 68.2 Å². The molecule has 2 atom stereocenters. The van der Waals surface area contributed by atoms with Crippen molar-refractivity contribution in [3.8, 4) is 17.2 Å². The van der Waals surface area contributed by atoms with Gasteiger partial charge in [0.25, 0.3) is 0 Å². The molecule has 0 bridgehead atoms. The molecule has 5 rings (SSSR count). The molecule has 0 unspecified atom stereocenters. The highest BCUT2D eigenvalue weighted by Crippen LogP contribution is 2.50. The summed E-state index contributed by atoms with van der Waals surface area (Å²) in [7, 11) is 3.37. The minimum atomic E-state index is -0.330. The van der Waals surface area contributed by atoms with Crippen LogP contribution in [0.25, 0.3) is 0 Å². The summed E-state index contributed by atoms with van der Waals surface area (Å²) in [5.41, 5.74) is 5.70. The molecule has 0 N–H and O–H groups in total. The van der Waals surface area contributed by atoms with Crippen LogP contribution in [0.2, 0.25) is 0 Å². The molecule has 0 spiro atoms. The molecule has 3 aromatic carbocycles. The van der Waals surface area contributed by atoms with Gasteiger partial charge in [-0.25, -0.2) is 5.01 Å². The summed E-state index contributed by atoms with van der Waals surface area (Å²) in [4.78, 5) is 0. The standard InChI is InChI=1S/C28H30N2O3/c1-28(2,3)20-13-9-19(10-14-20)27-30-24(22-7-6-8-25(32-5)26(22)33-27)17-23(29-30)18-11-15-21(31-4)16-12-18/h6-16,24,27H,17H2,1-5H3/t24-,27-/m1/s1. The molecule has 0 radical (unpaired) electrons. The van der Waals surface area contributed by atoms with Crippen LogP contribution in [0.3, 0.4) is 0 Å². The molecule has 0 saturated carbocycles. The van der Waals surface area contributed by atoms with Crippen LogP contribution >= 0.6 is 0 Å². The van der Waals surface area contributed by atoms with Gasteiger partial charge in [0.2, 0.25) is 6.23 Å². The first-order chi connectivity index (χ1) is 15.9. The minimum absolute atomic E-state index is 0.0771. The number of hydrogen-bond acceptors (Lipinski definition) is 5. The van der Waals surface area contributed by atoms with E-state index in [-0.39, 0.29) is 17.7 Å². The summed E-state index contributed by atoms with van der Waals surface area (Å²) in [6, 6.07) is 22.9. The Labute approximate surface area is 195 Å². The second-order valence-corrected chi connectivity index (χ2v) is 9.60. The fourth-order valence-corrected chi connectivity index (χ4v) is 4.57. The fraction of sp³-hybridized carbons (Fsp3) is 0.321. The van der Waals surface area contributed by atoms with Crippen LogP contribution in [0.5, 0.6) is 17.2 Å². The Hall–Kier alpha value is -3.47. The molecule has 0 amide bonds. The van der Waals surface area contributed by atoms with Gasteiger partial charge in [0, 0.05) is 17.5 Å². The van der Waals surface area contributed by atoms with Crippen LogP contribution in [-0.4, -0.2) is 24.9 Å². The van der Waals surface area contributed by atoms with Crippen molar-refractivity contribution in [1.82, 2.24) is 5.01 Å². The molecule has 2 aliphatic heterocycles. The molecule has 2 aliphatic rings. The molecule has 0 saturated heterocycles. The van der Waals surface area contributed by atoms with E-state index in [9.17, 15) is 0 Å². The predicted octanol–water partition coefficient (Wildman–Crippen LogP) is 6.24. The van der Waals surface area contributed by atoms with E-state index in [4.69, 9.17) is 19.3 Å². The van der Waals surface area contributed by atoms with Gasteiger partial charge in [0.15, 0.2) is 11.5 Å². The lowest BCUT2D eigenvalue weighted by molar-refractivity contribution is -0.0209. The number of para-hydroxylation sites is 1. The number of hydrogen-bond donors (Lipinski definition) is 0. The van der Waals surface area contributed by atoms with Crippen molar-refractivity contribution in [2.45, 2.75) is 44.9 Å². The molecule has 0 aliphatic carbocycles. The van der Waals surface area contributed by atoms with Crippen LogP contribution in [0.15, 0.2) is 71.8 Å². The third kappa shape index (κ3) is 3.82. The van der Waals surface area contributed by atoms with Gasteiger partial charge in [-0.15, -0.1) is 0 Å². The van der Waals surface area contributed by atoms with Gasteiger partial charge in [0.05, 0.1) is 26.0 Å². The van der Waals surface area contributed by atoms with Crippen molar-refractivity contribution in [3.05, 3.63) is 89.0 Å². The molecule has 170 valence electrons. The lowest BCUT2D eigenvalue weighted by Crippen LogP contribution is -2.34. The molecule has 33 heavy (non-hydrogen) atoms. The number of ether oxygens (including phenoxy) is 3. The van der Waals surface area contributed by atoms with Gasteiger partial charge in [-0.2, -0.15) is 5.10 Å². The summed E-state index contributed by atoms with van der Waals surface area (Å²) in [5, 5.41) is 7.17. The Kier molecular flexibility index (Phi) is 5.28. The van der Waals surface area contributed by atoms with Crippen molar-refractivity contribution in [2.75, 3.05) is 14.2 Å². The number of hydrazone groups is 1. The normalized spacial score (nSPS) is 19.3. The molecule has 2 heterocycles. The number of fused-ring (bicyclic) bond motifs is 3. The summed E-state index contributed by atoms with van der Waals surface area (Å²) in [6.07, 6.45) is 0.468. The maximum Gasteiger partial charge on any atom is 0.214 e. The summed E-state index contributed by atoms with van der Waals surface area (Å²) in [6.45, 7) is 6.67. The smallest absolute Gasteiger partial charge is 0.214 e. The van der Waals surface area contributed by atoms with E-state index in [1.807, 2.05) is 24.3 Å². The minimum Gasteiger partial charge on any atom is -0.497 e. The highest BCUT2D eigenvalue weighted by molar-refractivity contribution is 6.02. The van der Waals surface area contributed by atoms with Gasteiger partial charge < -0.3 is 14.2 Å². The molecule has 5 nitrogen and oxygen atoms in total. The predicted molar refractivity (Wildman–Crippen MR) is 130 cm³/mol. The van der Waals surface area contributed by atoms with Crippen molar-refractivity contribution in [2.24, 2.45) is 5.10 Å². The van der Waals surface area contributed by atoms with Crippen LogP contribution in [0.1, 0.15) is 61.7 Å². The highest BCUT2D eigenvalue weighted by Gasteiger charge is 2.42. The maximum atomic E-state index is 6.57. The zero-order valence-corrected chi connectivity index (χ0v) is 19.8. The van der Waals surface area contributed by atoms with E-state index < -0.39 is 0 Å². The highest BCUT2D eigenvalue weighted by atomic mass is 16.5. The van der Waals surface area contributed by atoms with Crippen molar-refractivity contribution in [1.29, 1.82) is 0 Å². The lowest BCUT2D eigenvalue weighted by Gasteiger charge is -2.38. The second kappa shape index (κ2) is 8.14. The summed E-state index contributed by atoms with van der Waals surface area (Å²) < 4.78 is 17.5. The van der Waals surface area contributed by atoms with Gasteiger partial charge in [-0.3, -0.25) is 0 Å². The topological polar surface area (TPSA) is 43.3 Å². The van der Waals surface area contributed by atoms with Gasteiger partial charge in [0.1, 0.15) is 5.75 Å². The molecular formula is C28H30N2O3. The molecule has 0 fully saturated rings. The maximum absolute atomic E-state index is 6.57. The number of benzene rings is 3. The van der Waals surface area contributed by atoms with Crippen molar-refractivity contribution in [3.63, 3.8) is 0 Å². The first kappa shape index (κ1) is 21.4. The average molecular weight is 443 g/mol. The number of methoxy groups -OCH3 is 2. The van der Waals surface area contributed by atoms with Gasteiger partial charge in [-0.05, 0) is 46.9 Å². The van der Waals surface area contributed by atoms with E-state index in [1.54, 1.807) is 14.2 Å². The third-order valence-electron chi connectivity index (χ3n) is 6.49. The van der Waals surface area contributed by atoms with E-state index in [0.29, 0.717) is 0 Å². The Bertz CT molecular complexity index is 1180. The van der Waals surface area contributed by atoms with E-state index in [1.165, 1.54) is 5.56 Å². The molecule has 0 aromatic heterocycles. The molecule has 3 aromatic rings. The quantitative estimate of drug-likeness (QED) is 0.479. The van der Waals surface area contributed by atoms with Crippen LogP contribution in [0.4, 0.5) is 0 Å².